The molecule has 0 amide bonds. The van der Waals surface area contributed by atoms with Gasteiger partial charge in [-0.3, -0.25) is 9.80 Å². The molecule has 3 nitrogen and oxygen atoms in total. The highest BCUT2D eigenvalue weighted by atomic mass is 15.3. The molecule has 1 saturated heterocycles. The lowest BCUT2D eigenvalue weighted by Crippen LogP contribution is -2.57. The standard InChI is InChI=1S/C11H23N3/c1-9(2)13-3-5-14(6-4-13)11-7-10(12)8-11/h9-11H,3-8,12H2,1-2H3. The second-order valence-electron chi connectivity index (χ2n) is 5.05. The van der Waals surface area contributed by atoms with Gasteiger partial charge < -0.3 is 5.73 Å². The van der Waals surface area contributed by atoms with Gasteiger partial charge in [0.1, 0.15) is 0 Å². The van der Waals surface area contributed by atoms with Crippen molar-refractivity contribution in [3.63, 3.8) is 0 Å². The molecule has 2 fully saturated rings. The van der Waals surface area contributed by atoms with Crippen LogP contribution in [0.25, 0.3) is 0 Å². The molecule has 0 radical (unpaired) electrons. The molecule has 1 aliphatic carbocycles. The predicted molar refractivity (Wildman–Crippen MR) is 59.3 cm³/mol. The Kier molecular flexibility index (Phi) is 3.10. The number of nitrogens with two attached hydrogens (primary N) is 1. The molecule has 0 spiro atoms. The fourth-order valence-corrected chi connectivity index (χ4v) is 2.55. The van der Waals surface area contributed by atoms with E-state index in [0.29, 0.717) is 12.1 Å². The second kappa shape index (κ2) is 4.17. The maximum absolute atomic E-state index is 5.81. The van der Waals surface area contributed by atoms with Gasteiger partial charge >= 0.3 is 0 Å². The topological polar surface area (TPSA) is 32.5 Å². The molecule has 0 atom stereocenters. The highest BCUT2D eigenvalue weighted by Gasteiger charge is 2.32. The zero-order valence-corrected chi connectivity index (χ0v) is 9.45. The molecule has 0 bridgehead atoms. The van der Waals surface area contributed by atoms with Crippen LogP contribution in [-0.2, 0) is 0 Å². The van der Waals surface area contributed by atoms with Crippen LogP contribution in [-0.4, -0.2) is 54.1 Å². The first-order chi connectivity index (χ1) is 6.66. The van der Waals surface area contributed by atoms with Gasteiger partial charge in [-0.1, -0.05) is 0 Å². The second-order valence-corrected chi connectivity index (χ2v) is 5.05. The monoisotopic (exact) mass is 197 g/mol. The van der Waals surface area contributed by atoms with E-state index < -0.39 is 0 Å². The minimum absolute atomic E-state index is 0.489. The highest BCUT2D eigenvalue weighted by molar-refractivity contribution is 4.91. The van der Waals surface area contributed by atoms with E-state index >= 15 is 0 Å². The SMILES string of the molecule is CC(C)N1CCN(C2CC(N)C2)CC1. The molecular formula is C11H23N3. The van der Waals surface area contributed by atoms with E-state index in [0.717, 1.165) is 6.04 Å². The van der Waals surface area contributed by atoms with Crippen LogP contribution in [0.3, 0.4) is 0 Å². The van der Waals surface area contributed by atoms with Gasteiger partial charge in [-0.2, -0.15) is 0 Å². The molecule has 1 saturated carbocycles. The molecule has 2 aliphatic rings. The van der Waals surface area contributed by atoms with Crippen molar-refractivity contribution in [1.29, 1.82) is 0 Å². The summed E-state index contributed by atoms with van der Waals surface area (Å²) < 4.78 is 0. The minimum atomic E-state index is 0.489. The van der Waals surface area contributed by atoms with Crippen molar-refractivity contribution in [2.45, 2.75) is 44.8 Å². The predicted octanol–water partition coefficient (Wildman–Crippen LogP) is 0.502. The number of piperazine rings is 1. The molecule has 0 unspecified atom stereocenters. The summed E-state index contributed by atoms with van der Waals surface area (Å²) in [5.74, 6) is 0. The van der Waals surface area contributed by atoms with Gasteiger partial charge in [0.15, 0.2) is 0 Å². The first-order valence-corrected chi connectivity index (χ1v) is 5.90. The molecule has 1 heterocycles. The van der Waals surface area contributed by atoms with Gasteiger partial charge in [0.2, 0.25) is 0 Å². The summed E-state index contributed by atoms with van der Waals surface area (Å²) in [6, 6.07) is 2.00. The van der Waals surface area contributed by atoms with Crippen LogP contribution in [0.5, 0.6) is 0 Å². The summed E-state index contributed by atoms with van der Waals surface area (Å²) in [5.41, 5.74) is 5.81. The van der Waals surface area contributed by atoms with Crippen molar-refractivity contribution in [2.24, 2.45) is 5.73 Å². The maximum atomic E-state index is 5.81. The summed E-state index contributed by atoms with van der Waals surface area (Å²) >= 11 is 0. The van der Waals surface area contributed by atoms with E-state index in [-0.39, 0.29) is 0 Å². The van der Waals surface area contributed by atoms with Crippen LogP contribution in [0.15, 0.2) is 0 Å². The van der Waals surface area contributed by atoms with Crippen LogP contribution in [0, 0.1) is 0 Å². The Hall–Kier alpha value is -0.120. The van der Waals surface area contributed by atoms with Crippen molar-refractivity contribution >= 4 is 0 Å². The average molecular weight is 197 g/mol. The third kappa shape index (κ3) is 2.10. The Labute approximate surface area is 87.2 Å². The number of rotatable bonds is 2. The average Bonchev–Trinajstić information content (AvgIpc) is 2.13. The Balaban J connectivity index is 1.73. The smallest absolute Gasteiger partial charge is 0.0126 e. The molecule has 3 heteroatoms. The van der Waals surface area contributed by atoms with Crippen molar-refractivity contribution < 1.29 is 0 Å². The number of hydrogen-bond acceptors (Lipinski definition) is 3. The minimum Gasteiger partial charge on any atom is -0.328 e. The highest BCUT2D eigenvalue weighted by Crippen LogP contribution is 2.25. The fourth-order valence-electron chi connectivity index (χ4n) is 2.55. The molecule has 0 aromatic rings. The van der Waals surface area contributed by atoms with Crippen molar-refractivity contribution in [3.05, 3.63) is 0 Å². The van der Waals surface area contributed by atoms with E-state index in [2.05, 4.69) is 23.6 Å². The molecule has 82 valence electrons. The molecule has 2 rings (SSSR count). The lowest BCUT2D eigenvalue weighted by Gasteiger charge is -2.46. The van der Waals surface area contributed by atoms with Crippen LogP contribution >= 0.6 is 0 Å². The van der Waals surface area contributed by atoms with Crippen LogP contribution in [0.1, 0.15) is 26.7 Å². The largest absolute Gasteiger partial charge is 0.328 e. The van der Waals surface area contributed by atoms with Crippen molar-refractivity contribution in [2.75, 3.05) is 26.2 Å². The lowest BCUT2D eigenvalue weighted by atomic mass is 9.86. The summed E-state index contributed by atoms with van der Waals surface area (Å²) in [7, 11) is 0. The van der Waals surface area contributed by atoms with E-state index in [1.807, 2.05) is 0 Å². The summed E-state index contributed by atoms with van der Waals surface area (Å²) in [6.07, 6.45) is 2.45. The quantitative estimate of drug-likeness (QED) is 0.700. The fraction of sp³-hybridized carbons (Fsp3) is 1.00. The van der Waals surface area contributed by atoms with Gasteiger partial charge in [-0.15, -0.1) is 0 Å². The van der Waals surface area contributed by atoms with Gasteiger partial charge in [0.05, 0.1) is 0 Å². The molecule has 2 N–H and O–H groups in total. The molecule has 0 aromatic heterocycles. The lowest BCUT2D eigenvalue weighted by molar-refractivity contribution is 0.0417. The summed E-state index contributed by atoms with van der Waals surface area (Å²) in [6.45, 7) is 9.54. The molecule has 14 heavy (non-hydrogen) atoms. The zero-order chi connectivity index (χ0) is 10.1. The zero-order valence-electron chi connectivity index (χ0n) is 9.45. The Morgan fingerprint density at radius 1 is 1.07 bits per heavy atom. The Morgan fingerprint density at radius 2 is 1.64 bits per heavy atom. The van der Waals surface area contributed by atoms with Gasteiger partial charge in [-0.25, -0.2) is 0 Å². The van der Waals surface area contributed by atoms with Crippen LogP contribution < -0.4 is 5.73 Å². The van der Waals surface area contributed by atoms with Crippen LogP contribution in [0.4, 0.5) is 0 Å². The first kappa shape index (κ1) is 10.4. The first-order valence-electron chi connectivity index (χ1n) is 5.90. The maximum Gasteiger partial charge on any atom is 0.0126 e. The van der Waals surface area contributed by atoms with Crippen LogP contribution in [0.2, 0.25) is 0 Å². The van der Waals surface area contributed by atoms with Gasteiger partial charge in [0.25, 0.3) is 0 Å². The van der Waals surface area contributed by atoms with E-state index in [4.69, 9.17) is 5.73 Å². The Morgan fingerprint density at radius 3 is 2.07 bits per heavy atom. The Bertz CT molecular complexity index is 179. The summed E-state index contributed by atoms with van der Waals surface area (Å²) in [4.78, 5) is 5.19. The van der Waals surface area contributed by atoms with E-state index in [1.54, 1.807) is 0 Å². The van der Waals surface area contributed by atoms with Crippen molar-refractivity contribution in [3.8, 4) is 0 Å². The van der Waals surface area contributed by atoms with Gasteiger partial charge in [0, 0.05) is 44.3 Å². The third-order valence-corrected chi connectivity index (χ3v) is 3.75. The normalized spacial score (nSPS) is 36.0. The number of hydrogen-bond donors (Lipinski definition) is 1. The molecule has 0 aromatic carbocycles. The van der Waals surface area contributed by atoms with E-state index in [9.17, 15) is 0 Å². The summed E-state index contributed by atoms with van der Waals surface area (Å²) in [5, 5.41) is 0. The van der Waals surface area contributed by atoms with Gasteiger partial charge in [-0.05, 0) is 26.7 Å². The molecular weight excluding hydrogens is 174 g/mol. The van der Waals surface area contributed by atoms with E-state index in [1.165, 1.54) is 39.0 Å². The third-order valence-electron chi connectivity index (χ3n) is 3.75. The van der Waals surface area contributed by atoms with Crippen molar-refractivity contribution in [1.82, 2.24) is 9.80 Å². The molecule has 1 aliphatic heterocycles. The number of nitrogens with zero attached hydrogens (tertiary/aromatic N) is 2.